The Morgan fingerprint density at radius 2 is 1.56 bits per heavy atom. The Hall–Kier alpha value is -1.47. The Kier molecular flexibility index (Phi) is 5.78. The van der Waals surface area contributed by atoms with Crippen LogP contribution in [0.3, 0.4) is 0 Å². The molecule has 6 heteroatoms. The third kappa shape index (κ3) is 4.51. The fourth-order valence-electron chi connectivity index (χ4n) is 3.59. The molecule has 4 rings (SSSR count). The van der Waals surface area contributed by atoms with Crippen molar-refractivity contribution in [2.45, 2.75) is 51.2 Å². The molecule has 0 spiro atoms. The van der Waals surface area contributed by atoms with Crippen LogP contribution in [-0.2, 0) is 4.79 Å². The molecule has 0 radical (unpaired) electrons. The molecule has 0 atom stereocenters. The zero-order chi connectivity index (χ0) is 18.7. The minimum absolute atomic E-state index is 0.273. The van der Waals surface area contributed by atoms with E-state index in [1.165, 1.54) is 22.6 Å². The molecular formula is C21H24N2O2S2. The molecular weight excluding hydrogens is 376 g/mol. The lowest BCUT2D eigenvalue weighted by molar-refractivity contribution is -0.133. The molecule has 1 aliphatic heterocycles. The molecule has 142 valence electrons. The van der Waals surface area contributed by atoms with E-state index in [0.29, 0.717) is 0 Å². The van der Waals surface area contributed by atoms with Crippen LogP contribution in [0.2, 0.25) is 0 Å². The van der Waals surface area contributed by atoms with Crippen molar-refractivity contribution in [3.05, 3.63) is 54.6 Å². The van der Waals surface area contributed by atoms with Gasteiger partial charge in [-0.3, -0.25) is 10.0 Å². The van der Waals surface area contributed by atoms with Gasteiger partial charge in [-0.05, 0) is 62.1 Å². The van der Waals surface area contributed by atoms with Gasteiger partial charge in [0.05, 0.1) is 0 Å². The molecule has 2 aromatic carbocycles. The molecule has 0 bridgehead atoms. The maximum atomic E-state index is 12.5. The lowest BCUT2D eigenvalue weighted by Crippen LogP contribution is -2.51. The second kappa shape index (κ2) is 8.27. The minimum Gasteiger partial charge on any atom is -0.300 e. The van der Waals surface area contributed by atoms with E-state index >= 15 is 0 Å². The van der Waals surface area contributed by atoms with E-state index < -0.39 is 4.75 Å². The Morgan fingerprint density at radius 3 is 2.15 bits per heavy atom. The third-order valence-corrected chi connectivity index (χ3v) is 7.81. The van der Waals surface area contributed by atoms with Crippen molar-refractivity contribution in [3.63, 3.8) is 0 Å². The average molecular weight is 401 g/mol. The second-order valence-corrected chi connectivity index (χ2v) is 9.79. The smallest absolute Gasteiger partial charge is 0.260 e. The summed E-state index contributed by atoms with van der Waals surface area (Å²) in [6.45, 7) is 1.85. The lowest BCUT2D eigenvalue weighted by Gasteiger charge is -2.39. The van der Waals surface area contributed by atoms with Crippen LogP contribution in [0, 0.1) is 0 Å². The SMILES string of the molecule is O=C(NO)C1(Sc2ccc(Sc3ccccc3)cc2)CCN(C2CC2)CC1. The van der Waals surface area contributed by atoms with Gasteiger partial charge in [-0.15, -0.1) is 11.8 Å². The molecule has 1 amide bonds. The van der Waals surface area contributed by atoms with Crippen LogP contribution in [0.15, 0.2) is 69.3 Å². The van der Waals surface area contributed by atoms with E-state index in [1.807, 2.05) is 23.7 Å². The summed E-state index contributed by atoms with van der Waals surface area (Å²) in [6.07, 6.45) is 4.10. The van der Waals surface area contributed by atoms with E-state index in [0.717, 1.165) is 36.9 Å². The number of piperidine rings is 1. The molecule has 27 heavy (non-hydrogen) atoms. The fourth-order valence-corrected chi connectivity index (χ4v) is 5.68. The molecule has 1 saturated carbocycles. The van der Waals surface area contributed by atoms with Crippen molar-refractivity contribution in [3.8, 4) is 0 Å². The highest BCUT2D eigenvalue weighted by Crippen LogP contribution is 2.43. The van der Waals surface area contributed by atoms with Gasteiger partial charge in [-0.2, -0.15) is 0 Å². The number of benzene rings is 2. The Morgan fingerprint density at radius 1 is 0.963 bits per heavy atom. The molecule has 0 aromatic heterocycles. The van der Waals surface area contributed by atoms with Gasteiger partial charge >= 0.3 is 0 Å². The molecule has 1 aliphatic carbocycles. The van der Waals surface area contributed by atoms with Gasteiger partial charge in [0.15, 0.2) is 0 Å². The summed E-state index contributed by atoms with van der Waals surface area (Å²) < 4.78 is -0.589. The molecule has 1 saturated heterocycles. The Bertz CT molecular complexity index is 771. The quantitative estimate of drug-likeness (QED) is 0.555. The van der Waals surface area contributed by atoms with Gasteiger partial charge in [-0.25, -0.2) is 5.48 Å². The summed E-state index contributed by atoms with van der Waals surface area (Å²) in [5.41, 5.74) is 1.92. The highest BCUT2D eigenvalue weighted by molar-refractivity contribution is 8.01. The summed E-state index contributed by atoms with van der Waals surface area (Å²) in [6, 6.07) is 19.4. The molecule has 2 fully saturated rings. The number of nitrogens with one attached hydrogen (secondary N) is 1. The maximum Gasteiger partial charge on any atom is 0.260 e. The number of hydrogen-bond donors (Lipinski definition) is 2. The Balaban J connectivity index is 1.44. The number of carbonyl (C=O) groups is 1. The molecule has 1 heterocycles. The number of likely N-dealkylation sites (tertiary alicyclic amines) is 1. The van der Waals surface area contributed by atoms with Crippen LogP contribution in [-0.4, -0.2) is 39.9 Å². The number of amides is 1. The number of rotatable bonds is 6. The van der Waals surface area contributed by atoms with Gasteiger partial charge in [0.25, 0.3) is 5.91 Å². The number of nitrogens with zero attached hydrogens (tertiary/aromatic N) is 1. The monoisotopic (exact) mass is 400 g/mol. The second-order valence-electron chi connectivity index (χ2n) is 7.19. The summed E-state index contributed by atoms with van der Waals surface area (Å²) >= 11 is 3.31. The first-order chi connectivity index (χ1) is 13.2. The molecule has 2 N–H and O–H groups in total. The van der Waals surface area contributed by atoms with Gasteiger partial charge in [0.1, 0.15) is 4.75 Å². The fraction of sp³-hybridized carbons (Fsp3) is 0.381. The first-order valence-electron chi connectivity index (χ1n) is 9.39. The topological polar surface area (TPSA) is 52.6 Å². The van der Waals surface area contributed by atoms with Crippen LogP contribution < -0.4 is 5.48 Å². The van der Waals surface area contributed by atoms with Crippen molar-refractivity contribution in [2.75, 3.05) is 13.1 Å². The number of hydroxylamine groups is 1. The van der Waals surface area contributed by atoms with E-state index in [2.05, 4.69) is 41.3 Å². The van der Waals surface area contributed by atoms with Crippen LogP contribution in [0.4, 0.5) is 0 Å². The van der Waals surface area contributed by atoms with Crippen LogP contribution in [0.1, 0.15) is 25.7 Å². The minimum atomic E-state index is -0.589. The van der Waals surface area contributed by atoms with Gasteiger partial charge in [0, 0.05) is 33.8 Å². The summed E-state index contributed by atoms with van der Waals surface area (Å²) in [5.74, 6) is -0.273. The zero-order valence-corrected chi connectivity index (χ0v) is 16.8. The number of carbonyl (C=O) groups excluding carboxylic acids is 1. The lowest BCUT2D eigenvalue weighted by atomic mass is 9.95. The highest BCUT2D eigenvalue weighted by Gasteiger charge is 2.44. The molecule has 0 unspecified atom stereocenters. The average Bonchev–Trinajstić information content (AvgIpc) is 3.55. The molecule has 2 aliphatic rings. The summed E-state index contributed by atoms with van der Waals surface area (Å²) in [5, 5.41) is 9.30. The predicted octanol–water partition coefficient (Wildman–Crippen LogP) is 4.43. The maximum absolute atomic E-state index is 12.5. The van der Waals surface area contributed by atoms with E-state index in [1.54, 1.807) is 23.5 Å². The standard InChI is InChI=1S/C21H24N2O2S2/c24-20(22-25)21(12-14-23(15-13-21)16-6-7-16)27-19-10-8-18(9-11-19)26-17-4-2-1-3-5-17/h1-5,8-11,16,25H,6-7,12-15H2,(H,22,24). The molecule has 2 aromatic rings. The first kappa shape index (κ1) is 18.9. The number of thioether (sulfide) groups is 1. The highest BCUT2D eigenvalue weighted by atomic mass is 32.2. The van der Waals surface area contributed by atoms with Gasteiger partial charge in [0.2, 0.25) is 0 Å². The predicted molar refractivity (Wildman–Crippen MR) is 109 cm³/mol. The van der Waals surface area contributed by atoms with Crippen molar-refractivity contribution in [1.29, 1.82) is 0 Å². The normalized spacial score (nSPS) is 19.6. The van der Waals surface area contributed by atoms with Crippen LogP contribution in [0.25, 0.3) is 0 Å². The van der Waals surface area contributed by atoms with Crippen LogP contribution >= 0.6 is 23.5 Å². The largest absolute Gasteiger partial charge is 0.300 e. The van der Waals surface area contributed by atoms with E-state index in [4.69, 9.17) is 0 Å². The number of hydrogen-bond acceptors (Lipinski definition) is 5. The van der Waals surface area contributed by atoms with Crippen molar-refractivity contribution in [1.82, 2.24) is 10.4 Å². The van der Waals surface area contributed by atoms with Crippen molar-refractivity contribution < 1.29 is 10.0 Å². The first-order valence-corrected chi connectivity index (χ1v) is 11.0. The van der Waals surface area contributed by atoms with Crippen molar-refractivity contribution in [2.24, 2.45) is 0 Å². The Labute approximate surface area is 168 Å². The third-order valence-electron chi connectivity index (χ3n) is 5.30. The van der Waals surface area contributed by atoms with Gasteiger partial charge in [-0.1, -0.05) is 30.0 Å². The van der Waals surface area contributed by atoms with Gasteiger partial charge < -0.3 is 4.90 Å². The zero-order valence-electron chi connectivity index (χ0n) is 15.1. The van der Waals surface area contributed by atoms with E-state index in [9.17, 15) is 10.0 Å². The van der Waals surface area contributed by atoms with Crippen LogP contribution in [0.5, 0.6) is 0 Å². The van der Waals surface area contributed by atoms with Crippen molar-refractivity contribution >= 4 is 29.4 Å². The molecule has 4 nitrogen and oxygen atoms in total. The van der Waals surface area contributed by atoms with E-state index in [-0.39, 0.29) is 5.91 Å². The summed E-state index contributed by atoms with van der Waals surface area (Å²) in [7, 11) is 0. The summed E-state index contributed by atoms with van der Waals surface area (Å²) in [4.78, 5) is 18.4.